The molecule has 0 aliphatic heterocycles. The molecule has 0 fully saturated rings. The summed E-state index contributed by atoms with van der Waals surface area (Å²) in [6, 6.07) is 55.6. The van der Waals surface area contributed by atoms with Crippen LogP contribution in [-0.2, 0) is 11.0 Å². The van der Waals surface area contributed by atoms with Crippen LogP contribution in [-0.4, -0.2) is 5.11 Å². The highest BCUT2D eigenvalue weighted by Crippen LogP contribution is 2.63. The molecule has 8 aromatic rings. The number of rotatable bonds is 2. The van der Waals surface area contributed by atoms with Crippen molar-refractivity contribution in [1.29, 1.82) is 0 Å². The Balaban J connectivity index is 1.29. The number of thiophene rings is 1. The van der Waals surface area contributed by atoms with Crippen LogP contribution in [0.3, 0.4) is 0 Å². The van der Waals surface area contributed by atoms with Crippen molar-refractivity contribution in [2.75, 3.05) is 0 Å². The Kier molecular flexibility index (Phi) is 5.64. The first kappa shape index (κ1) is 27.2. The van der Waals surface area contributed by atoms with E-state index in [9.17, 15) is 5.11 Å². The molecule has 7 aromatic carbocycles. The van der Waals surface area contributed by atoms with E-state index in [1.54, 1.807) is 11.3 Å². The average Bonchev–Trinajstić information content (AvgIpc) is 3.64. The Morgan fingerprint density at radius 3 is 1.62 bits per heavy atom. The lowest BCUT2D eigenvalue weighted by Crippen LogP contribution is -2.44. The highest BCUT2D eigenvalue weighted by atomic mass is 35.5. The van der Waals surface area contributed by atoms with Gasteiger partial charge in [-0.05, 0) is 79.9 Å². The number of aliphatic hydroxyl groups is 1. The van der Waals surface area contributed by atoms with Crippen LogP contribution in [0, 0.1) is 0 Å². The van der Waals surface area contributed by atoms with Crippen LogP contribution in [0.4, 0.5) is 0 Å². The van der Waals surface area contributed by atoms with Gasteiger partial charge in [0.05, 0.1) is 5.41 Å². The lowest BCUT2D eigenvalue weighted by Gasteiger charge is -2.47. The van der Waals surface area contributed by atoms with Crippen LogP contribution in [0.25, 0.3) is 42.4 Å². The van der Waals surface area contributed by atoms with Gasteiger partial charge >= 0.3 is 0 Å². The minimum atomic E-state index is -1.44. The summed E-state index contributed by atoms with van der Waals surface area (Å²) >= 11 is 8.56. The zero-order valence-corrected chi connectivity index (χ0v) is 26.8. The van der Waals surface area contributed by atoms with Crippen LogP contribution in [0.15, 0.2) is 158 Å². The van der Waals surface area contributed by atoms with Crippen LogP contribution in [0.1, 0.15) is 38.9 Å². The third kappa shape index (κ3) is 3.48. The number of benzene rings is 7. The maximum absolute atomic E-state index is 13.6. The van der Waals surface area contributed by atoms with Crippen LogP contribution in [0.2, 0.25) is 5.02 Å². The summed E-state index contributed by atoms with van der Waals surface area (Å²) in [4.78, 5) is 0. The van der Waals surface area contributed by atoms with E-state index in [2.05, 4.69) is 140 Å². The minimum Gasteiger partial charge on any atom is -0.376 e. The van der Waals surface area contributed by atoms with Gasteiger partial charge in [0.15, 0.2) is 0 Å². The predicted octanol–water partition coefficient (Wildman–Crippen LogP) is 11.3. The second kappa shape index (κ2) is 9.76. The Labute approximate surface area is 282 Å². The number of hydrogen-bond donors (Lipinski definition) is 1. The van der Waals surface area contributed by atoms with Crippen molar-refractivity contribution in [1.82, 2.24) is 0 Å². The first-order chi connectivity index (χ1) is 23.1. The Bertz CT molecular complexity index is 2480. The largest absolute Gasteiger partial charge is 0.376 e. The van der Waals surface area contributed by atoms with Crippen molar-refractivity contribution in [2.45, 2.75) is 11.0 Å². The molecule has 3 heteroatoms. The zero-order chi connectivity index (χ0) is 31.3. The third-order valence-electron chi connectivity index (χ3n) is 10.5. The molecule has 0 amide bonds. The second-order valence-corrected chi connectivity index (χ2v) is 14.2. The van der Waals surface area contributed by atoms with E-state index in [1.165, 1.54) is 42.4 Å². The first-order valence-electron chi connectivity index (χ1n) is 15.9. The quantitative estimate of drug-likeness (QED) is 0.200. The molecule has 1 spiro atoms. The van der Waals surface area contributed by atoms with Crippen LogP contribution >= 0.6 is 22.9 Å². The van der Waals surface area contributed by atoms with Crippen LogP contribution in [0.5, 0.6) is 0 Å². The third-order valence-corrected chi connectivity index (χ3v) is 11.8. The highest BCUT2D eigenvalue weighted by Gasteiger charge is 2.56. The fourth-order valence-electron chi connectivity index (χ4n) is 8.61. The number of halogens is 1. The van der Waals surface area contributed by atoms with Gasteiger partial charge < -0.3 is 5.11 Å². The van der Waals surface area contributed by atoms with Crippen LogP contribution < -0.4 is 0 Å². The van der Waals surface area contributed by atoms with Crippen molar-refractivity contribution in [3.05, 3.63) is 202 Å². The summed E-state index contributed by atoms with van der Waals surface area (Å²) < 4.78 is 2.48. The molecule has 0 radical (unpaired) electrons. The van der Waals surface area contributed by atoms with E-state index in [0.717, 1.165) is 38.9 Å². The van der Waals surface area contributed by atoms with E-state index >= 15 is 0 Å². The Hall–Kier alpha value is -4.99. The predicted molar refractivity (Wildman–Crippen MR) is 196 cm³/mol. The van der Waals surface area contributed by atoms with Gasteiger partial charge in [0.1, 0.15) is 5.60 Å². The lowest BCUT2D eigenvalue weighted by molar-refractivity contribution is 0.119. The molecule has 47 heavy (non-hydrogen) atoms. The second-order valence-electron chi connectivity index (χ2n) is 12.6. The summed E-state index contributed by atoms with van der Waals surface area (Å²) in [5.74, 6) is 0. The molecule has 0 saturated carbocycles. The first-order valence-corrected chi connectivity index (χ1v) is 17.1. The summed E-state index contributed by atoms with van der Waals surface area (Å²) in [5.41, 5.74) is 9.68. The van der Waals surface area contributed by atoms with Crippen molar-refractivity contribution in [2.24, 2.45) is 0 Å². The van der Waals surface area contributed by atoms with E-state index in [4.69, 9.17) is 11.6 Å². The Morgan fingerprint density at radius 2 is 0.957 bits per heavy atom. The SMILES string of the molecule is OC1(c2ccc(Cl)cc2-c2ccc3c(c2)sc2ccccc23)c2ccccc2C2(c3ccccc3-c3ccccc32)c2ccccc21. The topological polar surface area (TPSA) is 20.2 Å². The van der Waals surface area contributed by atoms with Gasteiger partial charge in [-0.2, -0.15) is 0 Å². The summed E-state index contributed by atoms with van der Waals surface area (Å²) in [5, 5.41) is 16.7. The summed E-state index contributed by atoms with van der Waals surface area (Å²) in [6.45, 7) is 0. The summed E-state index contributed by atoms with van der Waals surface area (Å²) in [7, 11) is 0. The molecule has 0 atom stereocenters. The maximum Gasteiger partial charge on any atom is 0.141 e. The molecular formula is C44H27ClOS. The average molecular weight is 639 g/mol. The van der Waals surface area contributed by atoms with Crippen molar-refractivity contribution in [3.8, 4) is 22.3 Å². The van der Waals surface area contributed by atoms with Crippen molar-refractivity contribution < 1.29 is 5.11 Å². The van der Waals surface area contributed by atoms with Gasteiger partial charge in [-0.1, -0.05) is 145 Å². The molecule has 0 bridgehead atoms. The van der Waals surface area contributed by atoms with Gasteiger partial charge in [0, 0.05) is 30.8 Å². The van der Waals surface area contributed by atoms with E-state index in [0.29, 0.717) is 5.02 Å². The van der Waals surface area contributed by atoms with Gasteiger partial charge in [-0.15, -0.1) is 11.3 Å². The van der Waals surface area contributed by atoms with Gasteiger partial charge in [0.2, 0.25) is 0 Å². The van der Waals surface area contributed by atoms with Crippen molar-refractivity contribution in [3.63, 3.8) is 0 Å². The Morgan fingerprint density at radius 1 is 0.426 bits per heavy atom. The molecule has 1 N–H and O–H groups in total. The summed E-state index contributed by atoms with van der Waals surface area (Å²) in [6.07, 6.45) is 0. The standard InChI is InChI=1S/C44H27ClOS/c45-28-22-24-36(33(26-28)27-21-23-32-31-13-3-10-20-41(31)47-42(32)25-27)44(46)39-18-8-6-16-37(39)43(38-17-7-9-19-40(38)44)34-14-4-1-11-29(34)30-12-2-5-15-35(30)43/h1-26,46H. The number of fused-ring (bicyclic) bond motifs is 12. The van der Waals surface area contributed by atoms with E-state index in [-0.39, 0.29) is 0 Å². The fraction of sp³-hybridized carbons (Fsp3) is 0.0455. The van der Waals surface area contributed by atoms with E-state index < -0.39 is 11.0 Å². The zero-order valence-electron chi connectivity index (χ0n) is 25.2. The molecule has 2 aliphatic rings. The monoisotopic (exact) mass is 638 g/mol. The van der Waals surface area contributed by atoms with E-state index in [1.807, 2.05) is 18.2 Å². The molecule has 1 heterocycles. The maximum atomic E-state index is 13.6. The highest BCUT2D eigenvalue weighted by molar-refractivity contribution is 7.25. The normalized spacial score (nSPS) is 14.9. The molecule has 2 aliphatic carbocycles. The van der Waals surface area contributed by atoms with Gasteiger partial charge in [-0.3, -0.25) is 0 Å². The molecule has 0 saturated heterocycles. The van der Waals surface area contributed by atoms with Crippen molar-refractivity contribution >= 4 is 43.1 Å². The smallest absolute Gasteiger partial charge is 0.141 e. The van der Waals surface area contributed by atoms with Gasteiger partial charge in [0.25, 0.3) is 0 Å². The lowest BCUT2D eigenvalue weighted by atomic mass is 9.56. The number of hydrogen-bond acceptors (Lipinski definition) is 2. The molecule has 0 unspecified atom stereocenters. The molecule has 222 valence electrons. The minimum absolute atomic E-state index is 0.574. The molecule has 10 rings (SSSR count). The van der Waals surface area contributed by atoms with Gasteiger partial charge in [-0.25, -0.2) is 0 Å². The fourth-order valence-corrected chi connectivity index (χ4v) is 9.93. The molecule has 1 aromatic heterocycles. The molecular weight excluding hydrogens is 612 g/mol. The molecule has 1 nitrogen and oxygen atoms in total.